The number of benzene rings is 2. The van der Waals surface area contributed by atoms with Crippen molar-refractivity contribution in [1.82, 2.24) is 10.9 Å². The molecule has 1 aliphatic heterocycles. The van der Waals surface area contributed by atoms with Gasteiger partial charge in [-0.05, 0) is 42.3 Å². The molecule has 2 aromatic rings. The maximum Gasteiger partial charge on any atom is 0.269 e. The number of hydrogen-bond acceptors (Lipinski definition) is 3. The van der Waals surface area contributed by atoms with Crippen molar-refractivity contribution in [2.24, 2.45) is 0 Å². The molecular formula is C19H18ClN3O3. The predicted octanol–water partition coefficient (Wildman–Crippen LogP) is 2.47. The van der Waals surface area contributed by atoms with E-state index in [0.717, 1.165) is 24.2 Å². The molecule has 0 atom stereocenters. The Hall–Kier alpha value is -2.86. The van der Waals surface area contributed by atoms with E-state index in [-0.39, 0.29) is 18.2 Å². The third-order valence-electron chi connectivity index (χ3n) is 4.09. The average molecular weight is 372 g/mol. The van der Waals surface area contributed by atoms with Crippen LogP contribution in [0.25, 0.3) is 0 Å². The van der Waals surface area contributed by atoms with Crippen LogP contribution in [0.5, 0.6) is 0 Å². The molecule has 1 fully saturated rings. The van der Waals surface area contributed by atoms with Gasteiger partial charge in [0.25, 0.3) is 5.91 Å². The van der Waals surface area contributed by atoms with Crippen molar-refractivity contribution in [3.8, 4) is 0 Å². The number of hydrogen-bond donors (Lipinski definition) is 2. The van der Waals surface area contributed by atoms with E-state index in [0.29, 0.717) is 17.0 Å². The monoisotopic (exact) mass is 371 g/mol. The summed E-state index contributed by atoms with van der Waals surface area (Å²) >= 11 is 5.84. The minimum absolute atomic E-state index is 0.115. The Morgan fingerprint density at radius 2 is 1.85 bits per heavy atom. The lowest BCUT2D eigenvalue weighted by Gasteiger charge is -2.15. The van der Waals surface area contributed by atoms with Gasteiger partial charge in [0.1, 0.15) is 0 Å². The molecule has 7 heteroatoms. The molecule has 1 saturated heterocycles. The minimum Gasteiger partial charge on any atom is -0.312 e. The first-order valence-corrected chi connectivity index (χ1v) is 8.65. The zero-order valence-electron chi connectivity index (χ0n) is 14.0. The minimum atomic E-state index is -0.441. The summed E-state index contributed by atoms with van der Waals surface area (Å²) in [7, 11) is 0. The first-order chi connectivity index (χ1) is 12.5. The fraction of sp³-hybridized carbons (Fsp3) is 0.211. The summed E-state index contributed by atoms with van der Waals surface area (Å²) in [6, 6.07) is 13.7. The third kappa shape index (κ3) is 4.40. The van der Waals surface area contributed by atoms with Crippen LogP contribution < -0.4 is 15.8 Å². The van der Waals surface area contributed by atoms with Crippen LogP contribution in [0, 0.1) is 0 Å². The zero-order valence-corrected chi connectivity index (χ0v) is 14.8. The van der Waals surface area contributed by atoms with Gasteiger partial charge in [-0.2, -0.15) is 0 Å². The summed E-state index contributed by atoms with van der Waals surface area (Å²) in [5.41, 5.74) is 6.72. The highest BCUT2D eigenvalue weighted by Gasteiger charge is 2.21. The van der Waals surface area contributed by atoms with Gasteiger partial charge < -0.3 is 4.90 Å². The molecular weight excluding hydrogens is 354 g/mol. The van der Waals surface area contributed by atoms with Gasteiger partial charge in [-0.15, -0.1) is 0 Å². The van der Waals surface area contributed by atoms with E-state index in [2.05, 4.69) is 10.9 Å². The lowest BCUT2D eigenvalue weighted by atomic mass is 10.1. The highest BCUT2D eigenvalue weighted by atomic mass is 35.5. The Kier molecular flexibility index (Phi) is 5.53. The Balaban J connectivity index is 1.51. The summed E-state index contributed by atoms with van der Waals surface area (Å²) in [5.74, 6) is -0.659. The fourth-order valence-corrected chi connectivity index (χ4v) is 2.96. The van der Waals surface area contributed by atoms with Crippen LogP contribution in [0.3, 0.4) is 0 Å². The maximum atomic E-state index is 12.0. The van der Waals surface area contributed by atoms with E-state index in [1.54, 1.807) is 35.2 Å². The molecule has 0 saturated carbocycles. The molecule has 0 bridgehead atoms. The van der Waals surface area contributed by atoms with Crippen molar-refractivity contribution in [3.63, 3.8) is 0 Å². The molecule has 134 valence electrons. The highest BCUT2D eigenvalue weighted by molar-refractivity contribution is 6.30. The second-order valence-electron chi connectivity index (χ2n) is 6.00. The van der Waals surface area contributed by atoms with Crippen molar-refractivity contribution >= 4 is 35.0 Å². The van der Waals surface area contributed by atoms with Gasteiger partial charge in [-0.25, -0.2) is 0 Å². The number of nitrogens with zero attached hydrogens (tertiary/aromatic N) is 1. The van der Waals surface area contributed by atoms with Gasteiger partial charge in [0, 0.05) is 29.2 Å². The van der Waals surface area contributed by atoms with Crippen LogP contribution in [0.1, 0.15) is 28.8 Å². The smallest absolute Gasteiger partial charge is 0.269 e. The molecule has 2 N–H and O–H groups in total. The number of hydrazine groups is 1. The molecule has 6 nitrogen and oxygen atoms in total. The topological polar surface area (TPSA) is 78.5 Å². The molecule has 0 aromatic heterocycles. The number of carbonyl (C=O) groups is 3. The Morgan fingerprint density at radius 1 is 1.08 bits per heavy atom. The molecule has 2 aromatic carbocycles. The first kappa shape index (κ1) is 17.9. The Morgan fingerprint density at radius 3 is 2.50 bits per heavy atom. The van der Waals surface area contributed by atoms with Crippen molar-refractivity contribution in [2.45, 2.75) is 19.3 Å². The summed E-state index contributed by atoms with van der Waals surface area (Å²) in [4.78, 5) is 37.4. The lowest BCUT2D eigenvalue weighted by molar-refractivity contribution is -0.121. The second kappa shape index (κ2) is 8.01. The van der Waals surface area contributed by atoms with Crippen molar-refractivity contribution in [3.05, 3.63) is 64.7 Å². The molecule has 0 spiro atoms. The molecule has 26 heavy (non-hydrogen) atoms. The summed E-state index contributed by atoms with van der Waals surface area (Å²) in [6.07, 6.45) is 1.57. The van der Waals surface area contributed by atoms with Gasteiger partial charge >= 0.3 is 0 Å². The van der Waals surface area contributed by atoms with Crippen LogP contribution in [0.4, 0.5) is 5.69 Å². The molecule has 3 amide bonds. The van der Waals surface area contributed by atoms with E-state index in [1.165, 1.54) is 6.07 Å². The van der Waals surface area contributed by atoms with Gasteiger partial charge in [-0.3, -0.25) is 25.2 Å². The van der Waals surface area contributed by atoms with Crippen molar-refractivity contribution in [1.29, 1.82) is 0 Å². The Bertz CT molecular complexity index is 836. The summed E-state index contributed by atoms with van der Waals surface area (Å²) < 4.78 is 0. The average Bonchev–Trinajstić information content (AvgIpc) is 3.06. The summed E-state index contributed by atoms with van der Waals surface area (Å²) in [6.45, 7) is 0.730. The number of nitrogens with one attached hydrogen (secondary N) is 2. The standard InChI is InChI=1S/C19H18ClN3O3/c20-15-4-1-3-14(12-15)19(26)22-21-17(24)11-13-6-8-16(9-7-13)23-10-2-5-18(23)25/h1,3-4,6-9,12H,2,5,10-11H2,(H,21,24)(H,22,26). The molecule has 0 unspecified atom stereocenters. The SMILES string of the molecule is O=C(Cc1ccc(N2CCCC2=O)cc1)NNC(=O)c1cccc(Cl)c1. The van der Waals surface area contributed by atoms with Gasteiger partial charge in [0.2, 0.25) is 11.8 Å². The fourth-order valence-electron chi connectivity index (χ4n) is 2.77. The van der Waals surface area contributed by atoms with Gasteiger partial charge in [0.15, 0.2) is 0 Å². The van der Waals surface area contributed by atoms with E-state index >= 15 is 0 Å². The first-order valence-electron chi connectivity index (χ1n) is 8.27. The van der Waals surface area contributed by atoms with Crippen LogP contribution in [-0.4, -0.2) is 24.3 Å². The number of rotatable bonds is 4. The molecule has 1 heterocycles. The number of anilines is 1. The van der Waals surface area contributed by atoms with Crippen molar-refractivity contribution < 1.29 is 14.4 Å². The van der Waals surface area contributed by atoms with E-state index in [9.17, 15) is 14.4 Å². The van der Waals surface area contributed by atoms with Gasteiger partial charge in [-0.1, -0.05) is 29.8 Å². The van der Waals surface area contributed by atoms with E-state index in [1.807, 2.05) is 12.1 Å². The predicted molar refractivity (Wildman–Crippen MR) is 98.8 cm³/mol. The summed E-state index contributed by atoms with van der Waals surface area (Å²) in [5, 5.41) is 0.445. The normalized spacial score (nSPS) is 13.6. The number of amides is 3. The highest BCUT2D eigenvalue weighted by Crippen LogP contribution is 2.21. The van der Waals surface area contributed by atoms with Crippen LogP contribution >= 0.6 is 11.6 Å². The number of carbonyl (C=O) groups excluding carboxylic acids is 3. The molecule has 1 aliphatic rings. The second-order valence-corrected chi connectivity index (χ2v) is 6.44. The van der Waals surface area contributed by atoms with Crippen LogP contribution in [-0.2, 0) is 16.0 Å². The quantitative estimate of drug-likeness (QED) is 0.810. The molecule has 0 radical (unpaired) electrons. The van der Waals surface area contributed by atoms with E-state index in [4.69, 9.17) is 11.6 Å². The lowest BCUT2D eigenvalue weighted by Crippen LogP contribution is -2.42. The maximum absolute atomic E-state index is 12.0. The number of halogens is 1. The third-order valence-corrected chi connectivity index (χ3v) is 4.32. The van der Waals surface area contributed by atoms with Crippen LogP contribution in [0.2, 0.25) is 5.02 Å². The zero-order chi connectivity index (χ0) is 18.5. The Labute approximate surface area is 156 Å². The van der Waals surface area contributed by atoms with E-state index < -0.39 is 5.91 Å². The van der Waals surface area contributed by atoms with Crippen molar-refractivity contribution in [2.75, 3.05) is 11.4 Å². The van der Waals surface area contributed by atoms with Gasteiger partial charge in [0.05, 0.1) is 6.42 Å². The molecule has 0 aliphatic carbocycles. The largest absolute Gasteiger partial charge is 0.312 e. The van der Waals surface area contributed by atoms with Crippen LogP contribution in [0.15, 0.2) is 48.5 Å². The molecule has 3 rings (SSSR count).